The van der Waals surface area contributed by atoms with Gasteiger partial charge in [-0.25, -0.2) is 4.79 Å². The zero-order valence-electron chi connectivity index (χ0n) is 28.9. The van der Waals surface area contributed by atoms with Gasteiger partial charge in [-0.05, 0) is 83.6 Å². The Morgan fingerprint density at radius 2 is 1.40 bits per heavy atom. The molecule has 2 aliphatic rings. The monoisotopic (exact) mass is 630 g/mol. The highest BCUT2D eigenvalue weighted by Gasteiger charge is 2.45. The lowest BCUT2D eigenvalue weighted by Crippen LogP contribution is -2.32. The minimum absolute atomic E-state index is 0.0416. The van der Waals surface area contributed by atoms with Crippen LogP contribution in [-0.4, -0.2) is 56.0 Å². The third kappa shape index (κ3) is 14.8. The van der Waals surface area contributed by atoms with E-state index in [1.165, 1.54) is 38.2 Å². The van der Waals surface area contributed by atoms with Crippen LogP contribution < -0.4 is 4.74 Å². The number of unbranched alkanes of at least 4 members (excludes halogenated alkanes) is 5. The first-order valence-electron chi connectivity index (χ1n) is 17.0. The normalized spacial score (nSPS) is 19.1. The molecule has 8 heteroatoms. The molecule has 0 spiro atoms. The number of carbonyl (C=O) groups excluding carboxylic acids is 3. The second-order valence-electron chi connectivity index (χ2n) is 13.4. The molecule has 1 aromatic carbocycles. The number of esters is 3. The third-order valence-electron chi connectivity index (χ3n) is 8.72. The van der Waals surface area contributed by atoms with Gasteiger partial charge in [-0.2, -0.15) is 0 Å². The van der Waals surface area contributed by atoms with E-state index in [1.54, 1.807) is 6.08 Å². The molecule has 8 nitrogen and oxygen atoms in total. The van der Waals surface area contributed by atoms with Crippen molar-refractivity contribution in [1.82, 2.24) is 0 Å². The molecule has 0 aromatic heterocycles. The van der Waals surface area contributed by atoms with Crippen LogP contribution in [-0.2, 0) is 33.3 Å². The van der Waals surface area contributed by atoms with E-state index in [0.29, 0.717) is 18.6 Å². The summed E-state index contributed by atoms with van der Waals surface area (Å²) in [5, 5.41) is 0. The van der Waals surface area contributed by atoms with Crippen molar-refractivity contribution in [1.29, 1.82) is 0 Å². The lowest BCUT2D eigenvalue weighted by molar-refractivity contribution is -0.161. The highest BCUT2D eigenvalue weighted by atomic mass is 16.6. The quantitative estimate of drug-likeness (QED) is 0.0526. The number of fused-ring (bicyclic) bond motifs is 1. The smallest absolute Gasteiger partial charge is 0.330 e. The van der Waals surface area contributed by atoms with Crippen LogP contribution in [0.1, 0.15) is 125 Å². The molecule has 3 rings (SSSR count). The summed E-state index contributed by atoms with van der Waals surface area (Å²) in [7, 11) is 0. The summed E-state index contributed by atoms with van der Waals surface area (Å²) >= 11 is 0. The maximum atomic E-state index is 11.8. The van der Waals surface area contributed by atoms with E-state index >= 15 is 0 Å². The van der Waals surface area contributed by atoms with Gasteiger partial charge in [0, 0.05) is 12.5 Å². The SMILES string of the molecule is CCC(C)(C)C(=O)OC1CCC2OC2C1.CCCCCCCCOc1ccc(/C=C/C(=O)OCCOC(=O)C(C)(C)CC)cc1. The van der Waals surface area contributed by atoms with Gasteiger partial charge in [0.25, 0.3) is 0 Å². The fourth-order valence-electron chi connectivity index (χ4n) is 4.51. The minimum atomic E-state index is -0.519. The number of hydrogen-bond donors (Lipinski definition) is 0. The minimum Gasteiger partial charge on any atom is -0.494 e. The standard InChI is InChI=1S/C25H38O5.C12H20O3/c1-5-7-8-9-10-11-18-28-22-15-12-21(13-16-22)14-17-23(26)29-19-20-30-24(27)25(3,4)6-2;1-4-12(2,3)11(13)14-8-5-6-9-10(7-8)15-9/h12-17H,5-11,18-20H2,1-4H3;8-10H,4-7H2,1-3H3/b17-14+;. The van der Waals surface area contributed by atoms with Gasteiger partial charge < -0.3 is 23.7 Å². The highest BCUT2D eigenvalue weighted by molar-refractivity contribution is 5.87. The molecule has 3 unspecified atom stereocenters. The van der Waals surface area contributed by atoms with Crippen LogP contribution in [0.5, 0.6) is 5.75 Å². The Balaban J connectivity index is 0.000000388. The Morgan fingerprint density at radius 1 is 0.778 bits per heavy atom. The van der Waals surface area contributed by atoms with Gasteiger partial charge in [0.05, 0.1) is 29.6 Å². The number of hydrogen-bond acceptors (Lipinski definition) is 8. The van der Waals surface area contributed by atoms with Crippen molar-refractivity contribution in [2.45, 2.75) is 137 Å². The van der Waals surface area contributed by atoms with Crippen LogP contribution in [0.25, 0.3) is 6.08 Å². The van der Waals surface area contributed by atoms with Crippen LogP contribution in [0, 0.1) is 10.8 Å². The molecule has 1 aliphatic carbocycles. The zero-order valence-corrected chi connectivity index (χ0v) is 28.9. The maximum absolute atomic E-state index is 11.8. The van der Waals surface area contributed by atoms with Crippen molar-refractivity contribution in [3.63, 3.8) is 0 Å². The molecular formula is C37H58O8. The summed E-state index contributed by atoms with van der Waals surface area (Å²) in [6.45, 7) is 14.5. The predicted octanol–water partition coefficient (Wildman–Crippen LogP) is 8.25. The molecule has 1 saturated heterocycles. The van der Waals surface area contributed by atoms with Gasteiger partial charge in [0.2, 0.25) is 0 Å². The van der Waals surface area contributed by atoms with E-state index in [2.05, 4.69) is 6.92 Å². The van der Waals surface area contributed by atoms with Crippen molar-refractivity contribution in [2.24, 2.45) is 10.8 Å². The first kappa shape index (κ1) is 38.3. The largest absolute Gasteiger partial charge is 0.494 e. The summed E-state index contributed by atoms with van der Waals surface area (Å²) in [5.41, 5.74) is 0.0189. The lowest BCUT2D eigenvalue weighted by Gasteiger charge is -2.26. The van der Waals surface area contributed by atoms with Crippen molar-refractivity contribution in [3.8, 4) is 5.75 Å². The average molecular weight is 631 g/mol. The molecule has 0 radical (unpaired) electrons. The Hall–Kier alpha value is -2.87. The summed E-state index contributed by atoms with van der Waals surface area (Å²) < 4.78 is 26.9. The Bertz CT molecular complexity index is 1060. The van der Waals surface area contributed by atoms with Crippen molar-refractivity contribution < 1.29 is 38.1 Å². The highest BCUT2D eigenvalue weighted by Crippen LogP contribution is 2.38. The summed E-state index contributed by atoms with van der Waals surface area (Å²) in [6, 6.07) is 7.60. The molecule has 1 aromatic rings. The molecule has 1 aliphatic heterocycles. The molecule has 0 amide bonds. The first-order valence-corrected chi connectivity index (χ1v) is 17.0. The fraction of sp³-hybridized carbons (Fsp3) is 0.703. The Kier molecular flexibility index (Phi) is 16.7. The van der Waals surface area contributed by atoms with Crippen LogP contribution >= 0.6 is 0 Å². The Morgan fingerprint density at radius 3 is 2.04 bits per heavy atom. The second kappa shape index (κ2) is 19.6. The van der Waals surface area contributed by atoms with E-state index in [9.17, 15) is 14.4 Å². The van der Waals surface area contributed by atoms with Crippen molar-refractivity contribution in [3.05, 3.63) is 35.9 Å². The molecule has 254 valence electrons. The third-order valence-corrected chi connectivity index (χ3v) is 8.72. The van der Waals surface area contributed by atoms with Crippen molar-refractivity contribution >= 4 is 24.0 Å². The molecule has 0 bridgehead atoms. The topological polar surface area (TPSA) is 101 Å². The summed E-state index contributed by atoms with van der Waals surface area (Å²) in [4.78, 5) is 35.4. The Labute approximate surface area is 271 Å². The second-order valence-corrected chi connectivity index (χ2v) is 13.4. The fourth-order valence-corrected chi connectivity index (χ4v) is 4.51. The van der Waals surface area contributed by atoms with Gasteiger partial charge in [-0.1, -0.05) is 65.0 Å². The van der Waals surface area contributed by atoms with Crippen LogP contribution in [0.15, 0.2) is 30.3 Å². The van der Waals surface area contributed by atoms with Gasteiger partial charge >= 0.3 is 17.9 Å². The van der Waals surface area contributed by atoms with Crippen LogP contribution in [0.3, 0.4) is 0 Å². The molecule has 3 atom stereocenters. The number of benzene rings is 1. The number of rotatable bonds is 18. The maximum Gasteiger partial charge on any atom is 0.330 e. The molecule has 45 heavy (non-hydrogen) atoms. The van der Waals surface area contributed by atoms with E-state index in [-0.39, 0.29) is 36.7 Å². The van der Waals surface area contributed by atoms with E-state index in [4.69, 9.17) is 23.7 Å². The van der Waals surface area contributed by atoms with E-state index in [0.717, 1.165) is 50.0 Å². The molecule has 2 fully saturated rings. The first-order chi connectivity index (χ1) is 21.4. The summed E-state index contributed by atoms with van der Waals surface area (Å²) in [6.07, 6.45) is 15.9. The van der Waals surface area contributed by atoms with Crippen molar-refractivity contribution in [2.75, 3.05) is 19.8 Å². The zero-order chi connectivity index (χ0) is 33.3. The van der Waals surface area contributed by atoms with Gasteiger partial charge in [-0.15, -0.1) is 0 Å². The molecule has 1 heterocycles. The molecule has 0 N–H and O–H groups in total. The number of epoxide rings is 1. The summed E-state index contributed by atoms with van der Waals surface area (Å²) in [5.74, 6) is 0.0220. The lowest BCUT2D eigenvalue weighted by atomic mass is 9.90. The van der Waals surface area contributed by atoms with Gasteiger partial charge in [-0.3, -0.25) is 9.59 Å². The molecular weight excluding hydrogens is 572 g/mol. The average Bonchev–Trinajstić information content (AvgIpc) is 3.81. The van der Waals surface area contributed by atoms with Gasteiger partial charge in [0.1, 0.15) is 25.1 Å². The predicted molar refractivity (Wildman–Crippen MR) is 177 cm³/mol. The van der Waals surface area contributed by atoms with Crippen LogP contribution in [0.2, 0.25) is 0 Å². The van der Waals surface area contributed by atoms with Crippen LogP contribution in [0.4, 0.5) is 0 Å². The van der Waals surface area contributed by atoms with E-state index < -0.39 is 11.4 Å². The number of ether oxygens (including phenoxy) is 5. The van der Waals surface area contributed by atoms with E-state index in [1.807, 2.05) is 65.8 Å². The molecule has 1 saturated carbocycles. The number of carbonyl (C=O) groups is 3. The van der Waals surface area contributed by atoms with Gasteiger partial charge in [0.15, 0.2) is 0 Å².